The second-order valence-electron chi connectivity index (χ2n) is 6.61. The summed E-state index contributed by atoms with van der Waals surface area (Å²) in [5, 5.41) is 15.5. The van der Waals surface area contributed by atoms with Crippen molar-refractivity contribution in [1.82, 2.24) is 19.9 Å². The Morgan fingerprint density at radius 2 is 1.82 bits per heavy atom. The van der Waals surface area contributed by atoms with Crippen molar-refractivity contribution < 1.29 is 9.66 Å². The maximum absolute atomic E-state index is 11.8. The van der Waals surface area contributed by atoms with E-state index in [2.05, 4.69) is 20.3 Å². The highest BCUT2D eigenvalue weighted by Crippen LogP contribution is 2.36. The van der Waals surface area contributed by atoms with Gasteiger partial charge in [0.15, 0.2) is 0 Å². The maximum Gasteiger partial charge on any atom is 0.374 e. The van der Waals surface area contributed by atoms with Gasteiger partial charge in [-0.3, -0.25) is 15.5 Å². The highest BCUT2D eigenvalue weighted by molar-refractivity contribution is 5.88. The molecule has 4 rings (SSSR count). The van der Waals surface area contributed by atoms with Crippen LogP contribution in [0.5, 0.6) is 11.6 Å². The summed E-state index contributed by atoms with van der Waals surface area (Å²) < 4.78 is 5.87. The number of aromatic nitrogens is 2. The van der Waals surface area contributed by atoms with Crippen molar-refractivity contribution in [2.24, 2.45) is 0 Å². The van der Waals surface area contributed by atoms with Crippen LogP contribution >= 0.6 is 0 Å². The molecule has 0 spiro atoms. The van der Waals surface area contributed by atoms with Gasteiger partial charge in [0.25, 0.3) is 0 Å². The highest BCUT2D eigenvalue weighted by atomic mass is 16.6. The largest absolute Gasteiger partial charge is 0.433 e. The van der Waals surface area contributed by atoms with Crippen molar-refractivity contribution in [2.75, 3.05) is 38.7 Å². The minimum absolute atomic E-state index is 0.0898. The summed E-state index contributed by atoms with van der Waals surface area (Å²) >= 11 is 0. The summed E-state index contributed by atoms with van der Waals surface area (Å²) in [6, 6.07) is 13.2. The number of nitro groups is 1. The lowest BCUT2D eigenvalue weighted by atomic mass is 10.1. The van der Waals surface area contributed by atoms with Gasteiger partial charge in [-0.25, -0.2) is 9.99 Å². The third kappa shape index (κ3) is 3.71. The van der Waals surface area contributed by atoms with Crippen LogP contribution in [0, 0.1) is 10.1 Å². The van der Waals surface area contributed by atoms with Gasteiger partial charge in [0, 0.05) is 31.6 Å². The van der Waals surface area contributed by atoms with Crippen molar-refractivity contribution >= 4 is 22.3 Å². The van der Waals surface area contributed by atoms with Gasteiger partial charge in [-0.05, 0) is 18.5 Å². The zero-order chi connectivity index (χ0) is 19.5. The number of likely N-dealkylation sites (N-methyl/N-ethyl adjacent to an activating group) is 1. The van der Waals surface area contributed by atoms with Crippen molar-refractivity contribution in [1.29, 1.82) is 0 Å². The van der Waals surface area contributed by atoms with Gasteiger partial charge in [0.2, 0.25) is 5.82 Å². The van der Waals surface area contributed by atoms with Crippen molar-refractivity contribution in [2.45, 2.75) is 0 Å². The van der Waals surface area contributed by atoms with Crippen LogP contribution in [-0.4, -0.2) is 58.0 Å². The van der Waals surface area contributed by atoms with Crippen molar-refractivity contribution in [3.63, 3.8) is 0 Å². The van der Waals surface area contributed by atoms with E-state index in [0.717, 1.165) is 37.0 Å². The average molecular weight is 380 g/mol. The Morgan fingerprint density at radius 3 is 2.61 bits per heavy atom. The molecule has 0 saturated carbocycles. The third-order valence-electron chi connectivity index (χ3n) is 4.69. The molecular weight excluding hydrogens is 360 g/mol. The second kappa shape index (κ2) is 7.75. The predicted octanol–water partition coefficient (Wildman–Crippen LogP) is 2.90. The Balaban J connectivity index is 1.66. The molecule has 9 nitrogen and oxygen atoms in total. The van der Waals surface area contributed by atoms with Crippen LogP contribution in [0.3, 0.4) is 0 Å². The summed E-state index contributed by atoms with van der Waals surface area (Å²) in [6.45, 7) is 3.20. The van der Waals surface area contributed by atoms with E-state index in [4.69, 9.17) is 4.74 Å². The third-order valence-corrected chi connectivity index (χ3v) is 4.69. The molecule has 1 aromatic heterocycles. The highest BCUT2D eigenvalue weighted by Gasteiger charge is 2.27. The molecular formula is C19H20N6O3. The molecule has 0 atom stereocenters. The zero-order valence-electron chi connectivity index (χ0n) is 15.4. The summed E-state index contributed by atoms with van der Waals surface area (Å²) in [7, 11) is 2.04. The zero-order valence-corrected chi connectivity index (χ0v) is 15.4. The fraction of sp³-hybridized carbons (Fsp3) is 0.263. The lowest BCUT2D eigenvalue weighted by Crippen LogP contribution is -2.47. The number of benzene rings is 2. The summed E-state index contributed by atoms with van der Waals surface area (Å²) in [4.78, 5) is 21.6. The summed E-state index contributed by atoms with van der Waals surface area (Å²) in [6.07, 6.45) is 1.27. The lowest BCUT2D eigenvalue weighted by molar-refractivity contribution is -0.385. The van der Waals surface area contributed by atoms with E-state index >= 15 is 0 Å². The monoisotopic (exact) mass is 380 g/mol. The Labute approximate surface area is 161 Å². The molecule has 2 aromatic carbocycles. The first-order valence-electron chi connectivity index (χ1n) is 8.97. The van der Waals surface area contributed by atoms with Crippen LogP contribution in [0.1, 0.15) is 0 Å². The van der Waals surface area contributed by atoms with Crippen LogP contribution in [0.15, 0.2) is 48.8 Å². The first kappa shape index (κ1) is 18.1. The fourth-order valence-corrected chi connectivity index (χ4v) is 3.14. The molecule has 1 fully saturated rings. The van der Waals surface area contributed by atoms with E-state index in [-0.39, 0.29) is 17.4 Å². The minimum Gasteiger partial charge on any atom is -0.433 e. The minimum atomic E-state index is -0.515. The number of nitrogens with zero attached hydrogens (tertiary/aromatic N) is 5. The van der Waals surface area contributed by atoms with Gasteiger partial charge in [-0.15, -0.1) is 0 Å². The molecule has 0 radical (unpaired) electrons. The molecule has 1 aliphatic rings. The molecule has 0 unspecified atom stereocenters. The Kier molecular flexibility index (Phi) is 5.00. The fourth-order valence-electron chi connectivity index (χ4n) is 3.14. The molecule has 1 aliphatic heterocycles. The Morgan fingerprint density at radius 1 is 1.07 bits per heavy atom. The Hall–Kier alpha value is -3.30. The molecule has 0 bridgehead atoms. The number of piperazine rings is 1. The van der Waals surface area contributed by atoms with Crippen LogP contribution < -0.4 is 10.2 Å². The molecule has 0 aliphatic carbocycles. The lowest BCUT2D eigenvalue weighted by Gasteiger charge is -2.32. The molecule has 28 heavy (non-hydrogen) atoms. The molecule has 1 N–H and O–H groups in total. The number of hydrogen-bond acceptors (Lipinski definition) is 8. The molecule has 0 amide bonds. The number of ether oxygens (including phenoxy) is 1. The van der Waals surface area contributed by atoms with Gasteiger partial charge in [-0.1, -0.05) is 36.4 Å². The maximum atomic E-state index is 11.8. The van der Waals surface area contributed by atoms with Crippen molar-refractivity contribution in [3.8, 4) is 11.6 Å². The van der Waals surface area contributed by atoms with Crippen LogP contribution in [0.4, 0.5) is 11.5 Å². The molecule has 9 heteroatoms. The number of hydrogen-bond donors (Lipinski definition) is 1. The van der Waals surface area contributed by atoms with Gasteiger partial charge in [-0.2, -0.15) is 4.98 Å². The van der Waals surface area contributed by atoms with Crippen LogP contribution in [-0.2, 0) is 0 Å². The van der Waals surface area contributed by atoms with Gasteiger partial charge in [0.1, 0.15) is 12.1 Å². The first-order chi connectivity index (χ1) is 13.6. The molecule has 144 valence electrons. The van der Waals surface area contributed by atoms with E-state index in [1.807, 2.05) is 48.5 Å². The van der Waals surface area contributed by atoms with E-state index in [0.29, 0.717) is 5.75 Å². The van der Waals surface area contributed by atoms with Gasteiger partial charge in [0.05, 0.1) is 4.92 Å². The number of anilines is 1. The quantitative estimate of drug-likeness (QED) is 0.533. The normalized spacial score (nSPS) is 15.5. The van der Waals surface area contributed by atoms with E-state index in [1.165, 1.54) is 6.33 Å². The van der Waals surface area contributed by atoms with Crippen LogP contribution in [0.25, 0.3) is 10.8 Å². The number of fused-ring (bicyclic) bond motifs is 1. The SMILES string of the molecule is CN1CCN(Nc2ncnc(Oc3cccc4ccccc34)c2[N+](=O)[O-])CC1. The smallest absolute Gasteiger partial charge is 0.374 e. The summed E-state index contributed by atoms with van der Waals surface area (Å²) in [5.41, 5.74) is 2.77. The topological polar surface area (TPSA) is 96.7 Å². The standard InChI is InChI=1S/C19H20N6O3/c1-23-9-11-24(12-10-23)22-18-17(25(26)27)19(21-13-20-18)28-16-8-4-6-14-5-2-3-7-15(14)16/h2-8,13H,9-12H2,1H3,(H,20,21,22). The predicted molar refractivity (Wildman–Crippen MR) is 105 cm³/mol. The van der Waals surface area contributed by atoms with E-state index in [1.54, 1.807) is 6.07 Å². The van der Waals surface area contributed by atoms with Crippen LogP contribution in [0.2, 0.25) is 0 Å². The number of hydrazine groups is 1. The Bertz CT molecular complexity index is 999. The number of rotatable bonds is 5. The molecule has 3 aromatic rings. The average Bonchev–Trinajstić information content (AvgIpc) is 2.70. The van der Waals surface area contributed by atoms with E-state index < -0.39 is 4.92 Å². The van der Waals surface area contributed by atoms with Gasteiger partial charge < -0.3 is 9.64 Å². The molecule has 1 saturated heterocycles. The number of nitrogens with one attached hydrogen (secondary N) is 1. The first-order valence-corrected chi connectivity index (χ1v) is 8.97. The second-order valence-corrected chi connectivity index (χ2v) is 6.61. The van der Waals surface area contributed by atoms with E-state index in [9.17, 15) is 10.1 Å². The summed E-state index contributed by atoms with van der Waals surface area (Å²) in [5.74, 6) is 0.540. The molecule has 2 heterocycles. The van der Waals surface area contributed by atoms with Gasteiger partial charge >= 0.3 is 11.6 Å². The van der Waals surface area contributed by atoms with Crippen molar-refractivity contribution in [3.05, 3.63) is 58.9 Å².